The zero-order valence-electron chi connectivity index (χ0n) is 30.2. The van der Waals surface area contributed by atoms with Gasteiger partial charge in [-0.1, -0.05) is 70.2 Å². The minimum absolute atomic E-state index is 0.116. The molecule has 0 spiro atoms. The summed E-state index contributed by atoms with van der Waals surface area (Å²) in [7, 11) is 0. The first-order chi connectivity index (χ1) is 24.9. The highest BCUT2D eigenvalue weighted by molar-refractivity contribution is 5.92. The summed E-state index contributed by atoms with van der Waals surface area (Å²) in [6.45, 7) is 9.65. The molecule has 0 fully saturated rings. The number of hydrogen-bond donors (Lipinski definition) is 4. The van der Waals surface area contributed by atoms with E-state index in [0.717, 1.165) is 11.1 Å². The van der Waals surface area contributed by atoms with Gasteiger partial charge in [0.05, 0.1) is 12.1 Å². The number of rotatable bonds is 8. The number of nitrogens with one attached hydrogen (secondary N) is 4. The molecule has 0 saturated carbocycles. The van der Waals surface area contributed by atoms with Crippen LogP contribution in [0.4, 0.5) is 0 Å². The lowest BCUT2D eigenvalue weighted by molar-refractivity contribution is -0.132. The molecule has 4 atom stereocenters. The van der Waals surface area contributed by atoms with Gasteiger partial charge in [0.25, 0.3) is 0 Å². The smallest absolute Gasteiger partial charge is 0.243 e. The van der Waals surface area contributed by atoms with Gasteiger partial charge in [-0.05, 0) is 58.9 Å². The normalized spacial score (nSPS) is 20.4. The number of ether oxygens (including phenoxy) is 1. The molecule has 276 valence electrons. The second-order valence-corrected chi connectivity index (χ2v) is 13.8. The summed E-state index contributed by atoms with van der Waals surface area (Å²) in [5.41, 5.74) is 1.57. The van der Waals surface area contributed by atoms with Crippen molar-refractivity contribution in [3.8, 4) is 5.75 Å². The lowest BCUT2D eigenvalue weighted by atomic mass is 10.00. The third-order valence-corrected chi connectivity index (χ3v) is 8.54. The molecule has 0 unspecified atom stereocenters. The Morgan fingerprint density at radius 2 is 1.73 bits per heavy atom. The second kappa shape index (κ2) is 17.5. The molecular formula is C36H47N11O5. The van der Waals surface area contributed by atoms with Gasteiger partial charge in [0, 0.05) is 12.8 Å². The van der Waals surface area contributed by atoms with Crippen molar-refractivity contribution in [2.75, 3.05) is 6.61 Å². The topological polar surface area (TPSA) is 200 Å². The van der Waals surface area contributed by atoms with Crippen molar-refractivity contribution >= 4 is 23.6 Å². The van der Waals surface area contributed by atoms with Gasteiger partial charge >= 0.3 is 0 Å². The van der Waals surface area contributed by atoms with E-state index in [1.165, 1.54) is 15.7 Å². The van der Waals surface area contributed by atoms with Crippen molar-refractivity contribution in [2.24, 2.45) is 11.8 Å². The summed E-state index contributed by atoms with van der Waals surface area (Å²) < 4.78 is 8.87. The maximum Gasteiger partial charge on any atom is 0.243 e. The number of tetrazole rings is 1. The van der Waals surface area contributed by atoms with E-state index in [1.54, 1.807) is 19.1 Å². The average molecular weight is 714 g/mol. The predicted molar refractivity (Wildman–Crippen MR) is 189 cm³/mol. The molecule has 16 heteroatoms. The Balaban J connectivity index is 1.51. The van der Waals surface area contributed by atoms with Crippen LogP contribution in [-0.4, -0.2) is 83.3 Å². The van der Waals surface area contributed by atoms with Crippen molar-refractivity contribution in [3.05, 3.63) is 83.7 Å². The summed E-state index contributed by atoms with van der Waals surface area (Å²) in [5.74, 6) is -0.195. The van der Waals surface area contributed by atoms with Crippen LogP contribution in [0.2, 0.25) is 0 Å². The molecule has 2 aromatic heterocycles. The summed E-state index contributed by atoms with van der Waals surface area (Å²) in [5, 5.41) is 27.3. The van der Waals surface area contributed by atoms with E-state index in [-0.39, 0.29) is 56.3 Å². The van der Waals surface area contributed by atoms with Crippen molar-refractivity contribution < 1.29 is 23.9 Å². The summed E-state index contributed by atoms with van der Waals surface area (Å²) in [6.07, 6.45) is 2.28. The minimum Gasteiger partial charge on any atom is -0.491 e. The highest BCUT2D eigenvalue weighted by Gasteiger charge is 2.32. The zero-order chi connectivity index (χ0) is 37.2. The largest absolute Gasteiger partial charge is 0.491 e. The molecule has 2 aromatic carbocycles. The Morgan fingerprint density at radius 1 is 0.981 bits per heavy atom. The molecule has 4 heterocycles. The molecule has 2 aliphatic rings. The van der Waals surface area contributed by atoms with Crippen LogP contribution in [0.25, 0.3) is 0 Å². The zero-order valence-corrected chi connectivity index (χ0v) is 30.2. The van der Waals surface area contributed by atoms with E-state index in [4.69, 9.17) is 4.74 Å². The Bertz CT molecular complexity index is 1790. The van der Waals surface area contributed by atoms with Gasteiger partial charge in [-0.15, -0.1) is 5.10 Å². The standard InChI is InChI=1S/C36H47N11O5/c1-22(2)15-27-20-52-28-13-11-26(12-14-28)17-29(40-31(48)18-46-21-37-44-45-46)35(50)41-30(16-25-9-7-6-8-10-25)36(51)42-33(23(3)4)34-38-24(5)43-47(34)19-32(49)39-27/h6-14,21-23,27,29-30,33H,15-20H2,1-5H3,(H,39,49)(H,40,48)(H,41,50)(H,42,51)/t27-,29+,30-,33-/m0/s1. The van der Waals surface area contributed by atoms with Crippen LogP contribution >= 0.6 is 0 Å². The van der Waals surface area contributed by atoms with Crippen LogP contribution in [0.3, 0.4) is 0 Å². The average Bonchev–Trinajstić information content (AvgIpc) is 3.74. The van der Waals surface area contributed by atoms with Crippen molar-refractivity contribution in [3.63, 3.8) is 0 Å². The molecule has 4 N–H and O–H groups in total. The van der Waals surface area contributed by atoms with E-state index in [1.807, 2.05) is 56.3 Å². The number of nitrogens with zero attached hydrogens (tertiary/aromatic N) is 7. The van der Waals surface area contributed by atoms with Gasteiger partial charge in [0.15, 0.2) is 5.82 Å². The molecule has 6 rings (SSSR count). The van der Waals surface area contributed by atoms with Crippen molar-refractivity contribution in [2.45, 2.75) is 91.1 Å². The van der Waals surface area contributed by atoms with Crippen LogP contribution in [-0.2, 0) is 45.1 Å². The van der Waals surface area contributed by atoms with Crippen LogP contribution in [0.5, 0.6) is 5.75 Å². The maximum absolute atomic E-state index is 14.2. The molecule has 2 aliphatic heterocycles. The van der Waals surface area contributed by atoms with Crippen LogP contribution < -0.4 is 26.0 Å². The molecule has 4 amide bonds. The van der Waals surface area contributed by atoms with E-state index in [0.29, 0.717) is 23.8 Å². The number of amides is 4. The van der Waals surface area contributed by atoms with Gasteiger partial charge in [0.1, 0.15) is 49.7 Å². The maximum atomic E-state index is 14.2. The number of aryl methyl sites for hydroxylation is 1. The quantitative estimate of drug-likeness (QED) is 0.207. The first-order valence-corrected chi connectivity index (χ1v) is 17.5. The van der Waals surface area contributed by atoms with Gasteiger partial charge in [-0.3, -0.25) is 19.2 Å². The van der Waals surface area contributed by atoms with Crippen molar-refractivity contribution in [1.82, 2.24) is 56.2 Å². The lowest BCUT2D eigenvalue weighted by Crippen LogP contribution is -2.56. The fourth-order valence-electron chi connectivity index (χ4n) is 6.08. The number of benzene rings is 2. The summed E-state index contributed by atoms with van der Waals surface area (Å²) >= 11 is 0. The highest BCUT2D eigenvalue weighted by atomic mass is 16.5. The monoisotopic (exact) mass is 713 g/mol. The number of fused-ring (bicyclic) bond motifs is 14. The molecule has 2 bridgehead atoms. The summed E-state index contributed by atoms with van der Waals surface area (Å²) in [4.78, 5) is 59.5. The minimum atomic E-state index is -1.05. The summed E-state index contributed by atoms with van der Waals surface area (Å²) in [6, 6.07) is 13.5. The molecule has 16 nitrogen and oxygen atoms in total. The number of carbonyl (C=O) groups excluding carboxylic acids is 4. The Labute approximate surface area is 302 Å². The molecule has 0 aliphatic carbocycles. The van der Waals surface area contributed by atoms with Crippen LogP contribution in [0, 0.1) is 18.8 Å². The Hall–Kier alpha value is -5.67. The van der Waals surface area contributed by atoms with Crippen LogP contribution in [0.1, 0.15) is 62.9 Å². The number of hydrogen-bond acceptors (Lipinski definition) is 10. The lowest BCUT2D eigenvalue weighted by Gasteiger charge is -2.27. The predicted octanol–water partition coefficient (Wildman–Crippen LogP) is 1.46. The fraction of sp³-hybridized carbons (Fsp3) is 0.472. The molecule has 4 aromatic rings. The first kappa shape index (κ1) is 37.6. The third kappa shape index (κ3) is 10.7. The van der Waals surface area contributed by atoms with E-state index >= 15 is 0 Å². The van der Waals surface area contributed by atoms with Gasteiger partial charge in [-0.25, -0.2) is 14.3 Å². The van der Waals surface area contributed by atoms with E-state index in [9.17, 15) is 19.2 Å². The third-order valence-electron chi connectivity index (χ3n) is 8.54. The Morgan fingerprint density at radius 3 is 2.40 bits per heavy atom. The fourth-order valence-corrected chi connectivity index (χ4v) is 6.08. The van der Waals surface area contributed by atoms with Gasteiger partial charge in [0.2, 0.25) is 23.6 Å². The molecule has 0 saturated heterocycles. The van der Waals surface area contributed by atoms with E-state index < -0.39 is 35.8 Å². The number of carbonyl (C=O) groups is 4. The van der Waals surface area contributed by atoms with Gasteiger partial charge < -0.3 is 26.0 Å². The van der Waals surface area contributed by atoms with Crippen LogP contribution in [0.15, 0.2) is 60.9 Å². The van der Waals surface area contributed by atoms with Crippen molar-refractivity contribution in [1.29, 1.82) is 0 Å². The molecule has 0 radical (unpaired) electrons. The SMILES string of the molecule is Cc1nc2n(n1)CC(=O)N[C@@H](CC(C)C)COc1ccc(cc1)C[C@@H](NC(=O)Cn1cnnn1)C(=O)N[C@@H](Cc1ccccc1)C(=O)N[C@H]2C(C)C. The Kier molecular flexibility index (Phi) is 12.7. The first-order valence-electron chi connectivity index (χ1n) is 17.5. The second-order valence-electron chi connectivity index (χ2n) is 13.8. The van der Waals surface area contributed by atoms with E-state index in [2.05, 4.69) is 60.7 Å². The molecular weight excluding hydrogens is 666 g/mol. The molecule has 52 heavy (non-hydrogen) atoms. The number of aromatic nitrogens is 7. The highest BCUT2D eigenvalue weighted by Crippen LogP contribution is 2.22. The van der Waals surface area contributed by atoms with Gasteiger partial charge in [-0.2, -0.15) is 5.10 Å².